The van der Waals surface area contributed by atoms with Crippen LogP contribution in [0.25, 0.3) is 22.0 Å². The summed E-state index contributed by atoms with van der Waals surface area (Å²) in [5.74, 6) is 0.576. The van der Waals surface area contributed by atoms with Crippen molar-refractivity contribution in [2.45, 2.75) is 32.3 Å². The minimum absolute atomic E-state index is 0.244. The van der Waals surface area contributed by atoms with Gasteiger partial charge in [0.05, 0.1) is 11.7 Å². The Morgan fingerprint density at radius 1 is 1.15 bits per heavy atom. The van der Waals surface area contributed by atoms with E-state index in [1.165, 1.54) is 0 Å². The predicted octanol–water partition coefficient (Wildman–Crippen LogP) is 4.25. The largest absolute Gasteiger partial charge is 0.490 e. The van der Waals surface area contributed by atoms with Crippen LogP contribution in [0.3, 0.4) is 0 Å². The standard InChI is InChI=1S/C26H30N6O2/c1-4-17-13-18(19-15-27-32(3)16-19)14-23-24(17)29-30-25(23)26(33)28-20-5-7-21(8-6-20)34-22-9-11-31(2)12-10-22/h5-8,13-16,22H,4,9-12H2,1-3H3,(H,28,33)(H,29,30). The number of likely N-dealkylation sites (tertiary alicyclic amines) is 1. The van der Waals surface area contributed by atoms with Gasteiger partial charge in [-0.15, -0.1) is 0 Å². The number of amides is 1. The van der Waals surface area contributed by atoms with Crippen LogP contribution < -0.4 is 10.1 Å². The Balaban J connectivity index is 1.34. The number of ether oxygens (including phenoxy) is 1. The third-order valence-corrected chi connectivity index (χ3v) is 6.47. The molecule has 1 saturated heterocycles. The molecule has 2 aromatic carbocycles. The molecule has 1 aliphatic heterocycles. The first-order chi connectivity index (χ1) is 16.5. The maximum Gasteiger partial charge on any atom is 0.276 e. The molecule has 8 heteroatoms. The van der Waals surface area contributed by atoms with Crippen LogP contribution in [-0.2, 0) is 13.5 Å². The lowest BCUT2D eigenvalue weighted by atomic mass is 10.00. The Morgan fingerprint density at radius 3 is 2.59 bits per heavy atom. The summed E-state index contributed by atoms with van der Waals surface area (Å²) in [4.78, 5) is 15.4. The van der Waals surface area contributed by atoms with Crippen LogP contribution in [0.2, 0.25) is 0 Å². The number of nitrogens with one attached hydrogen (secondary N) is 2. The van der Waals surface area contributed by atoms with Crippen molar-refractivity contribution in [3.8, 4) is 16.9 Å². The van der Waals surface area contributed by atoms with Crippen LogP contribution in [0.5, 0.6) is 5.75 Å². The van der Waals surface area contributed by atoms with Gasteiger partial charge in [-0.25, -0.2) is 0 Å². The zero-order chi connectivity index (χ0) is 23.7. The lowest BCUT2D eigenvalue weighted by Crippen LogP contribution is -2.35. The van der Waals surface area contributed by atoms with Crippen LogP contribution in [0.15, 0.2) is 48.8 Å². The van der Waals surface area contributed by atoms with Crippen molar-refractivity contribution >= 4 is 22.5 Å². The van der Waals surface area contributed by atoms with Crippen LogP contribution in [0.4, 0.5) is 5.69 Å². The Hall–Kier alpha value is -3.65. The highest BCUT2D eigenvalue weighted by Crippen LogP contribution is 2.29. The molecular formula is C26H30N6O2. The summed E-state index contributed by atoms with van der Waals surface area (Å²) in [7, 11) is 4.03. The number of aromatic nitrogens is 4. The zero-order valence-corrected chi connectivity index (χ0v) is 19.8. The van der Waals surface area contributed by atoms with Gasteiger partial charge in [-0.3, -0.25) is 14.6 Å². The van der Waals surface area contributed by atoms with Gasteiger partial charge < -0.3 is 15.0 Å². The number of fused-ring (bicyclic) bond motifs is 1. The summed E-state index contributed by atoms with van der Waals surface area (Å²) in [6, 6.07) is 11.7. The number of H-pyrrole nitrogens is 1. The number of hydrogen-bond acceptors (Lipinski definition) is 5. The van der Waals surface area contributed by atoms with Crippen molar-refractivity contribution in [1.82, 2.24) is 24.9 Å². The second-order valence-corrected chi connectivity index (χ2v) is 8.99. The summed E-state index contributed by atoms with van der Waals surface area (Å²) >= 11 is 0. The highest BCUT2D eigenvalue weighted by molar-refractivity contribution is 6.12. The molecule has 0 radical (unpaired) electrons. The van der Waals surface area contributed by atoms with E-state index < -0.39 is 0 Å². The second-order valence-electron chi connectivity index (χ2n) is 8.99. The van der Waals surface area contributed by atoms with E-state index in [2.05, 4.69) is 45.6 Å². The molecule has 0 aliphatic carbocycles. The van der Waals surface area contributed by atoms with Gasteiger partial charge in [0.25, 0.3) is 5.91 Å². The van der Waals surface area contributed by atoms with Crippen LogP contribution in [0.1, 0.15) is 35.8 Å². The van der Waals surface area contributed by atoms with Crippen molar-refractivity contribution in [2.75, 3.05) is 25.5 Å². The van der Waals surface area contributed by atoms with Crippen LogP contribution in [-0.4, -0.2) is 57.0 Å². The topological polar surface area (TPSA) is 88.1 Å². The Bertz CT molecular complexity index is 1300. The fraction of sp³-hybridized carbons (Fsp3) is 0.346. The molecule has 0 saturated carbocycles. The molecule has 1 fully saturated rings. The molecule has 0 bridgehead atoms. The minimum Gasteiger partial charge on any atom is -0.490 e. The number of carbonyl (C=O) groups excluding carboxylic acids is 1. The summed E-state index contributed by atoms with van der Waals surface area (Å²) in [6.45, 7) is 4.20. The molecule has 1 amide bonds. The maximum atomic E-state index is 13.1. The number of aromatic amines is 1. The summed E-state index contributed by atoms with van der Waals surface area (Å²) < 4.78 is 7.88. The van der Waals surface area contributed by atoms with E-state index in [0.29, 0.717) is 11.4 Å². The van der Waals surface area contributed by atoms with Crippen LogP contribution >= 0.6 is 0 Å². The van der Waals surface area contributed by atoms with Gasteiger partial charge in [-0.2, -0.15) is 10.2 Å². The smallest absolute Gasteiger partial charge is 0.276 e. The molecule has 1 aliphatic rings. The highest BCUT2D eigenvalue weighted by Gasteiger charge is 2.19. The maximum absolute atomic E-state index is 13.1. The first-order valence-corrected chi connectivity index (χ1v) is 11.8. The van der Waals surface area contributed by atoms with E-state index in [-0.39, 0.29) is 12.0 Å². The van der Waals surface area contributed by atoms with Crippen molar-refractivity contribution in [2.24, 2.45) is 7.05 Å². The number of aryl methyl sites for hydroxylation is 2. The van der Waals surface area contributed by atoms with Gasteiger partial charge in [0.15, 0.2) is 5.69 Å². The summed E-state index contributed by atoms with van der Waals surface area (Å²) in [6.07, 6.45) is 6.93. The lowest BCUT2D eigenvalue weighted by Gasteiger charge is -2.29. The molecule has 5 rings (SSSR count). The minimum atomic E-state index is -0.249. The SMILES string of the molecule is CCc1cc(-c2cnn(C)c2)cc2c(C(=O)Nc3ccc(OC4CCN(C)CC4)cc3)n[nH]c12. The van der Waals surface area contributed by atoms with Crippen LogP contribution in [0, 0.1) is 0 Å². The molecule has 0 spiro atoms. The van der Waals surface area contributed by atoms with Crippen molar-refractivity contribution in [3.05, 3.63) is 60.0 Å². The predicted molar refractivity (Wildman–Crippen MR) is 133 cm³/mol. The van der Waals surface area contributed by atoms with Gasteiger partial charge in [-0.05, 0) is 73.8 Å². The third kappa shape index (κ3) is 4.54. The third-order valence-electron chi connectivity index (χ3n) is 6.47. The second kappa shape index (κ2) is 9.30. The number of carbonyl (C=O) groups is 1. The van der Waals surface area contributed by atoms with Gasteiger partial charge in [0.2, 0.25) is 0 Å². The molecular weight excluding hydrogens is 428 g/mol. The van der Waals surface area contributed by atoms with Gasteiger partial charge in [-0.1, -0.05) is 6.92 Å². The van der Waals surface area contributed by atoms with E-state index in [1.807, 2.05) is 49.8 Å². The normalized spacial score (nSPS) is 15.0. The molecule has 0 atom stereocenters. The van der Waals surface area contributed by atoms with Crippen molar-refractivity contribution in [1.29, 1.82) is 0 Å². The first-order valence-electron chi connectivity index (χ1n) is 11.8. The highest BCUT2D eigenvalue weighted by atomic mass is 16.5. The van der Waals surface area contributed by atoms with Crippen molar-refractivity contribution < 1.29 is 9.53 Å². The summed E-state index contributed by atoms with van der Waals surface area (Å²) in [5, 5.41) is 15.5. The molecule has 3 heterocycles. The number of anilines is 1. The molecule has 176 valence electrons. The Kier molecular flexibility index (Phi) is 6.06. The molecule has 34 heavy (non-hydrogen) atoms. The summed E-state index contributed by atoms with van der Waals surface area (Å²) in [5.41, 5.74) is 5.11. The molecule has 2 N–H and O–H groups in total. The van der Waals surface area contributed by atoms with Crippen molar-refractivity contribution in [3.63, 3.8) is 0 Å². The Labute approximate surface area is 198 Å². The van der Waals surface area contributed by atoms with Gasteiger partial charge in [0.1, 0.15) is 11.9 Å². The number of piperidine rings is 1. The van der Waals surface area contributed by atoms with E-state index in [4.69, 9.17) is 4.74 Å². The lowest BCUT2D eigenvalue weighted by molar-refractivity contribution is 0.102. The molecule has 2 aromatic heterocycles. The van der Waals surface area contributed by atoms with Gasteiger partial charge in [0, 0.05) is 43.0 Å². The Morgan fingerprint density at radius 2 is 1.91 bits per heavy atom. The average molecular weight is 459 g/mol. The average Bonchev–Trinajstić information content (AvgIpc) is 3.47. The molecule has 4 aromatic rings. The monoisotopic (exact) mass is 458 g/mol. The number of rotatable bonds is 6. The van der Waals surface area contributed by atoms with E-state index in [0.717, 1.165) is 65.7 Å². The van der Waals surface area contributed by atoms with Gasteiger partial charge >= 0.3 is 0 Å². The van der Waals surface area contributed by atoms with E-state index >= 15 is 0 Å². The molecule has 8 nitrogen and oxygen atoms in total. The zero-order valence-electron chi connectivity index (χ0n) is 19.8. The fourth-order valence-corrected chi connectivity index (χ4v) is 4.48. The number of hydrogen-bond donors (Lipinski definition) is 2. The van der Waals surface area contributed by atoms with E-state index in [1.54, 1.807) is 4.68 Å². The molecule has 0 unspecified atom stereocenters. The fourth-order valence-electron chi connectivity index (χ4n) is 4.48. The quantitative estimate of drug-likeness (QED) is 0.451. The van der Waals surface area contributed by atoms with E-state index in [9.17, 15) is 4.79 Å². The number of nitrogens with zero attached hydrogens (tertiary/aromatic N) is 4. The number of benzene rings is 2. The first kappa shape index (κ1) is 22.2.